The Balaban J connectivity index is 2.86. The van der Waals surface area contributed by atoms with E-state index in [4.69, 9.17) is 9.84 Å². The number of benzene rings is 1. The van der Waals surface area contributed by atoms with E-state index >= 15 is 0 Å². The lowest BCUT2D eigenvalue weighted by Gasteiger charge is -2.23. The molecule has 0 radical (unpaired) electrons. The van der Waals surface area contributed by atoms with Crippen LogP contribution < -0.4 is 0 Å². The molecule has 0 unspecified atom stereocenters. The minimum absolute atomic E-state index is 0.0197. The summed E-state index contributed by atoms with van der Waals surface area (Å²) in [4.78, 5) is 11.4. The number of aliphatic hydroxyl groups is 1. The summed E-state index contributed by atoms with van der Waals surface area (Å²) in [5.74, 6) is -0.102. The van der Waals surface area contributed by atoms with E-state index in [9.17, 15) is 9.90 Å². The van der Waals surface area contributed by atoms with Gasteiger partial charge in [0, 0.05) is 6.42 Å². The molecule has 4 nitrogen and oxygen atoms in total. The lowest BCUT2D eigenvalue weighted by atomic mass is 9.83. The second-order valence-electron chi connectivity index (χ2n) is 6.01. The van der Waals surface area contributed by atoms with Gasteiger partial charge < -0.3 is 14.9 Å². The molecule has 1 aromatic rings. The molecule has 0 saturated heterocycles. The van der Waals surface area contributed by atoms with E-state index in [2.05, 4.69) is 0 Å². The van der Waals surface area contributed by atoms with E-state index in [0.717, 1.165) is 16.7 Å². The quantitative estimate of drug-likeness (QED) is 0.813. The van der Waals surface area contributed by atoms with Crippen molar-refractivity contribution in [1.29, 1.82) is 0 Å². The molecule has 0 aliphatic rings. The summed E-state index contributed by atoms with van der Waals surface area (Å²) in [6.45, 7) is 7.95. The summed E-state index contributed by atoms with van der Waals surface area (Å²) in [6.07, 6.45) is 0.626. The van der Waals surface area contributed by atoms with Gasteiger partial charge in [-0.3, -0.25) is 4.79 Å². The topological polar surface area (TPSA) is 66.8 Å². The molecule has 0 saturated carbocycles. The fraction of sp³-hybridized carbons (Fsp3) is 0.562. The van der Waals surface area contributed by atoms with Crippen LogP contribution >= 0.6 is 0 Å². The number of carbonyl (C=O) groups excluding carboxylic acids is 1. The summed E-state index contributed by atoms with van der Waals surface area (Å²) in [7, 11) is 0. The Morgan fingerprint density at radius 2 is 1.95 bits per heavy atom. The average molecular weight is 280 g/mol. The van der Waals surface area contributed by atoms with Crippen LogP contribution in [0.5, 0.6) is 5.75 Å². The van der Waals surface area contributed by atoms with E-state index in [-0.39, 0.29) is 36.8 Å². The van der Waals surface area contributed by atoms with Gasteiger partial charge in [-0.15, -0.1) is 0 Å². The maximum atomic E-state index is 11.4. The van der Waals surface area contributed by atoms with Crippen LogP contribution in [-0.4, -0.2) is 29.4 Å². The zero-order valence-electron chi connectivity index (χ0n) is 12.7. The second kappa shape index (κ2) is 6.75. The Morgan fingerprint density at radius 1 is 1.30 bits per heavy atom. The van der Waals surface area contributed by atoms with Gasteiger partial charge in [0.15, 0.2) is 0 Å². The smallest absolute Gasteiger partial charge is 0.306 e. The Labute approximate surface area is 120 Å². The van der Waals surface area contributed by atoms with Crippen LogP contribution in [0.15, 0.2) is 12.1 Å². The van der Waals surface area contributed by atoms with E-state index in [1.165, 1.54) is 0 Å². The Morgan fingerprint density at radius 3 is 2.50 bits per heavy atom. The van der Waals surface area contributed by atoms with Crippen LogP contribution in [0.4, 0.5) is 0 Å². The third-order valence-electron chi connectivity index (χ3n) is 3.09. The molecule has 0 spiro atoms. The van der Waals surface area contributed by atoms with Gasteiger partial charge in [-0.2, -0.15) is 0 Å². The number of hydrogen-bond acceptors (Lipinski definition) is 4. The molecule has 0 heterocycles. The Bertz CT molecular complexity index is 472. The van der Waals surface area contributed by atoms with Crippen LogP contribution in [-0.2, 0) is 21.4 Å². The van der Waals surface area contributed by atoms with E-state index in [0.29, 0.717) is 6.42 Å². The highest BCUT2D eigenvalue weighted by atomic mass is 16.5. The highest BCUT2D eigenvalue weighted by Crippen LogP contribution is 2.34. The predicted molar refractivity (Wildman–Crippen MR) is 77.9 cm³/mol. The lowest BCUT2D eigenvalue weighted by Crippen LogP contribution is -2.13. The van der Waals surface area contributed by atoms with Crippen molar-refractivity contribution in [2.24, 2.45) is 0 Å². The average Bonchev–Trinajstić information content (AvgIpc) is 2.35. The molecule has 0 atom stereocenters. The zero-order chi connectivity index (χ0) is 15.3. The number of phenolic OH excluding ortho intramolecular Hbond substituents is 1. The molecule has 2 N–H and O–H groups in total. The maximum absolute atomic E-state index is 11.4. The molecule has 0 aliphatic heterocycles. The first-order valence-corrected chi connectivity index (χ1v) is 6.85. The molecule has 0 aromatic heterocycles. The van der Waals surface area contributed by atoms with Gasteiger partial charge in [0.05, 0.1) is 6.61 Å². The van der Waals surface area contributed by atoms with Gasteiger partial charge in [-0.25, -0.2) is 0 Å². The van der Waals surface area contributed by atoms with Crippen molar-refractivity contribution in [3.8, 4) is 5.75 Å². The van der Waals surface area contributed by atoms with Crippen molar-refractivity contribution in [3.63, 3.8) is 0 Å². The number of phenols is 1. The molecule has 20 heavy (non-hydrogen) atoms. The van der Waals surface area contributed by atoms with Gasteiger partial charge in [0.25, 0.3) is 0 Å². The fourth-order valence-electron chi connectivity index (χ4n) is 2.08. The molecular weight excluding hydrogens is 256 g/mol. The van der Waals surface area contributed by atoms with E-state index in [1.54, 1.807) is 0 Å². The molecule has 1 aromatic carbocycles. The number of esters is 1. The standard InChI is InChI=1S/C16H24O4/c1-11-9-12(5-6-14(18)20-8-7-17)15(19)13(10-11)16(2,3)4/h9-10,17,19H,5-8H2,1-4H3. The van der Waals surface area contributed by atoms with Crippen LogP contribution in [0.3, 0.4) is 0 Å². The van der Waals surface area contributed by atoms with Crippen molar-refractivity contribution >= 4 is 5.97 Å². The Kier molecular flexibility index (Phi) is 5.57. The van der Waals surface area contributed by atoms with Crippen LogP contribution in [0.25, 0.3) is 0 Å². The first-order chi connectivity index (χ1) is 9.25. The molecule has 0 fully saturated rings. The number of aryl methyl sites for hydroxylation is 2. The predicted octanol–water partition coefficient (Wildman–Crippen LogP) is 2.47. The second-order valence-corrected chi connectivity index (χ2v) is 6.01. The van der Waals surface area contributed by atoms with E-state index in [1.807, 2.05) is 39.8 Å². The van der Waals surface area contributed by atoms with Gasteiger partial charge in [0.1, 0.15) is 12.4 Å². The normalized spacial score (nSPS) is 11.4. The largest absolute Gasteiger partial charge is 0.507 e. The van der Waals surface area contributed by atoms with Gasteiger partial charge in [-0.05, 0) is 29.9 Å². The van der Waals surface area contributed by atoms with Crippen molar-refractivity contribution in [2.75, 3.05) is 13.2 Å². The summed E-state index contributed by atoms with van der Waals surface area (Å²) in [5, 5.41) is 18.9. The number of rotatable bonds is 5. The molecule has 1 rings (SSSR count). The molecule has 0 amide bonds. The number of hydrogen-bond donors (Lipinski definition) is 2. The fourth-order valence-corrected chi connectivity index (χ4v) is 2.08. The van der Waals surface area contributed by atoms with Gasteiger partial charge >= 0.3 is 5.97 Å². The van der Waals surface area contributed by atoms with Gasteiger partial charge in [0.2, 0.25) is 0 Å². The molecule has 0 aliphatic carbocycles. The minimum atomic E-state index is -0.364. The van der Waals surface area contributed by atoms with Crippen molar-refractivity contribution < 1.29 is 19.7 Å². The summed E-state index contributed by atoms with van der Waals surface area (Å²) < 4.78 is 4.81. The number of ether oxygens (including phenoxy) is 1. The lowest BCUT2D eigenvalue weighted by molar-refractivity contribution is -0.144. The Hall–Kier alpha value is -1.55. The molecule has 112 valence electrons. The van der Waals surface area contributed by atoms with E-state index < -0.39 is 0 Å². The summed E-state index contributed by atoms with van der Waals surface area (Å²) in [6, 6.07) is 3.87. The third kappa shape index (κ3) is 4.53. The summed E-state index contributed by atoms with van der Waals surface area (Å²) in [5.41, 5.74) is 2.56. The SMILES string of the molecule is Cc1cc(CCC(=O)OCCO)c(O)c(C(C)(C)C)c1. The van der Waals surface area contributed by atoms with Crippen LogP contribution in [0.1, 0.15) is 43.9 Å². The van der Waals surface area contributed by atoms with Crippen molar-refractivity contribution in [1.82, 2.24) is 0 Å². The number of aromatic hydroxyl groups is 1. The first kappa shape index (κ1) is 16.5. The summed E-state index contributed by atoms with van der Waals surface area (Å²) >= 11 is 0. The maximum Gasteiger partial charge on any atom is 0.306 e. The monoisotopic (exact) mass is 280 g/mol. The van der Waals surface area contributed by atoms with Crippen molar-refractivity contribution in [2.45, 2.75) is 46.0 Å². The number of carbonyl (C=O) groups is 1. The molecule has 0 bridgehead atoms. The highest BCUT2D eigenvalue weighted by molar-refractivity contribution is 5.70. The van der Waals surface area contributed by atoms with Crippen LogP contribution in [0.2, 0.25) is 0 Å². The third-order valence-corrected chi connectivity index (χ3v) is 3.09. The first-order valence-electron chi connectivity index (χ1n) is 6.85. The minimum Gasteiger partial charge on any atom is -0.507 e. The van der Waals surface area contributed by atoms with Crippen LogP contribution in [0, 0.1) is 6.92 Å². The van der Waals surface area contributed by atoms with Gasteiger partial charge in [-0.1, -0.05) is 38.5 Å². The molecule has 4 heteroatoms. The highest BCUT2D eigenvalue weighted by Gasteiger charge is 2.21. The number of aliphatic hydroxyl groups excluding tert-OH is 1. The molecular formula is C16H24O4. The zero-order valence-corrected chi connectivity index (χ0v) is 12.7. The van der Waals surface area contributed by atoms with Crippen molar-refractivity contribution in [3.05, 3.63) is 28.8 Å².